The van der Waals surface area contributed by atoms with Crippen molar-refractivity contribution in [3.8, 4) is 0 Å². The molecule has 2 unspecified atom stereocenters. The summed E-state index contributed by atoms with van der Waals surface area (Å²) in [7, 11) is -8.44. The van der Waals surface area contributed by atoms with Crippen molar-refractivity contribution in [3.63, 3.8) is 0 Å². The lowest BCUT2D eigenvalue weighted by Crippen LogP contribution is -2.16. The molecule has 120 valence electrons. The maximum Gasteiger partial charge on any atom is 0.335 e. The summed E-state index contributed by atoms with van der Waals surface area (Å²) in [6.07, 6.45) is 2.38. The largest absolute Gasteiger partial charge is 0.371 e. The molecule has 2 atom stereocenters. The summed E-state index contributed by atoms with van der Waals surface area (Å²) in [5.41, 5.74) is 1.20. The molecule has 6 nitrogen and oxygen atoms in total. The van der Waals surface area contributed by atoms with Gasteiger partial charge in [-0.2, -0.15) is 0 Å². The van der Waals surface area contributed by atoms with Crippen molar-refractivity contribution in [1.82, 2.24) is 0 Å². The molecule has 8 heteroatoms. The van der Waals surface area contributed by atoms with Gasteiger partial charge in [-0.3, -0.25) is 9.13 Å². The van der Waals surface area contributed by atoms with Crippen molar-refractivity contribution in [2.24, 2.45) is 11.8 Å². The lowest BCUT2D eigenvalue weighted by atomic mass is 9.93. The van der Waals surface area contributed by atoms with Crippen LogP contribution >= 0.6 is 15.0 Å². The molecule has 20 heavy (non-hydrogen) atoms. The van der Waals surface area contributed by atoms with E-state index in [1.165, 1.54) is 5.57 Å². The van der Waals surface area contributed by atoms with E-state index in [1.807, 2.05) is 27.7 Å². The van der Waals surface area contributed by atoms with Crippen LogP contribution in [0.25, 0.3) is 0 Å². The molecule has 0 amide bonds. The van der Waals surface area contributed by atoms with E-state index >= 15 is 0 Å². The highest BCUT2D eigenvalue weighted by Gasteiger charge is 2.30. The van der Waals surface area contributed by atoms with Crippen molar-refractivity contribution in [2.75, 3.05) is 18.9 Å². The second-order valence-corrected chi connectivity index (χ2v) is 10.1. The Morgan fingerprint density at radius 3 is 2.15 bits per heavy atom. The number of ether oxygens (including phenoxy) is 1. The van der Waals surface area contributed by atoms with E-state index in [0.29, 0.717) is 12.5 Å². The minimum Gasteiger partial charge on any atom is -0.371 e. The van der Waals surface area contributed by atoms with Gasteiger partial charge in [0.15, 0.2) is 0 Å². The molecule has 3 N–H and O–H groups in total. The Hall–Kier alpha value is 0.0400. The summed E-state index contributed by atoms with van der Waals surface area (Å²) in [5.74, 6) is -0.467. The summed E-state index contributed by atoms with van der Waals surface area (Å²) in [6, 6.07) is 0. The number of allylic oxidation sites excluding steroid dienone is 2. The van der Waals surface area contributed by atoms with Crippen LogP contribution in [-0.4, -0.2) is 33.5 Å². The van der Waals surface area contributed by atoms with Crippen LogP contribution < -0.4 is 0 Å². The fourth-order valence-corrected chi connectivity index (χ4v) is 4.62. The average Bonchev–Trinajstić information content (AvgIpc) is 2.18. The molecule has 0 bridgehead atoms. The molecule has 0 saturated heterocycles. The lowest BCUT2D eigenvalue weighted by molar-refractivity contribution is 0.110. The topological polar surface area (TPSA) is 104 Å². The summed E-state index contributed by atoms with van der Waals surface area (Å²) in [4.78, 5) is 26.9. The van der Waals surface area contributed by atoms with Crippen LogP contribution in [0.3, 0.4) is 0 Å². The van der Waals surface area contributed by atoms with Crippen LogP contribution in [0.5, 0.6) is 0 Å². The first-order valence-electron chi connectivity index (χ1n) is 6.49. The monoisotopic (exact) mass is 328 g/mol. The third kappa shape index (κ3) is 10.8. The maximum atomic E-state index is 11.6. The Morgan fingerprint density at radius 2 is 1.75 bits per heavy atom. The molecule has 0 aromatic heterocycles. The minimum absolute atomic E-state index is 0.208. The Balaban J connectivity index is 4.34. The Kier molecular flexibility index (Phi) is 8.49. The molecule has 0 rings (SSSR count). The predicted octanol–water partition coefficient (Wildman–Crippen LogP) is 2.99. The van der Waals surface area contributed by atoms with Crippen LogP contribution in [-0.2, 0) is 13.9 Å². The smallest absolute Gasteiger partial charge is 0.335 e. The van der Waals surface area contributed by atoms with Crippen LogP contribution in [0.15, 0.2) is 11.6 Å². The summed E-state index contributed by atoms with van der Waals surface area (Å²) in [6.45, 7) is 8.38. The molecular weight excluding hydrogens is 302 g/mol. The van der Waals surface area contributed by atoms with Gasteiger partial charge in [0.2, 0.25) is 7.37 Å². The van der Waals surface area contributed by atoms with Crippen molar-refractivity contribution in [1.29, 1.82) is 0 Å². The highest BCUT2D eigenvalue weighted by Crippen LogP contribution is 2.54. The normalized spacial score (nSPS) is 16.8. The fraction of sp³-hybridized carbons (Fsp3) is 0.833. The van der Waals surface area contributed by atoms with Crippen LogP contribution in [0, 0.1) is 11.8 Å². The van der Waals surface area contributed by atoms with E-state index in [4.69, 9.17) is 14.5 Å². The van der Waals surface area contributed by atoms with Gasteiger partial charge < -0.3 is 19.4 Å². The quantitative estimate of drug-likeness (QED) is 0.444. The van der Waals surface area contributed by atoms with Crippen molar-refractivity contribution < 1.29 is 28.5 Å². The van der Waals surface area contributed by atoms with Gasteiger partial charge in [-0.25, -0.2) is 0 Å². The Morgan fingerprint density at radius 1 is 1.20 bits per heavy atom. The molecule has 0 aliphatic carbocycles. The molecule has 0 saturated carbocycles. The number of rotatable bonds is 9. The average molecular weight is 328 g/mol. The highest BCUT2D eigenvalue weighted by atomic mass is 31.2. The molecule has 0 aromatic carbocycles. The molecule has 0 aliphatic heterocycles. The van der Waals surface area contributed by atoms with Gasteiger partial charge in [0.1, 0.15) is 12.3 Å². The number of hydrogen-bond donors (Lipinski definition) is 3. The summed E-state index contributed by atoms with van der Waals surface area (Å²) >= 11 is 0. The molecule has 0 radical (unpaired) electrons. The van der Waals surface area contributed by atoms with Crippen LogP contribution in [0.1, 0.15) is 34.1 Å². The van der Waals surface area contributed by atoms with E-state index in [1.54, 1.807) is 0 Å². The van der Waals surface area contributed by atoms with E-state index in [-0.39, 0.29) is 5.92 Å². The van der Waals surface area contributed by atoms with Gasteiger partial charge in [-0.05, 0) is 32.1 Å². The first-order chi connectivity index (χ1) is 8.93. The second kappa shape index (κ2) is 8.47. The third-order valence-corrected chi connectivity index (χ3v) is 6.63. The highest BCUT2D eigenvalue weighted by molar-refractivity contribution is 7.72. The summed E-state index contributed by atoms with van der Waals surface area (Å²) < 4.78 is 27.5. The zero-order valence-corrected chi connectivity index (χ0v) is 14.3. The van der Waals surface area contributed by atoms with Gasteiger partial charge >= 0.3 is 7.60 Å². The van der Waals surface area contributed by atoms with Crippen molar-refractivity contribution in [2.45, 2.75) is 34.1 Å². The number of hydrogen-bond acceptors (Lipinski definition) is 3. The van der Waals surface area contributed by atoms with Gasteiger partial charge in [0.05, 0.1) is 6.61 Å². The predicted molar refractivity (Wildman–Crippen MR) is 79.9 cm³/mol. The summed E-state index contributed by atoms with van der Waals surface area (Å²) in [5, 5.41) is 0. The van der Waals surface area contributed by atoms with Crippen molar-refractivity contribution >= 4 is 15.0 Å². The van der Waals surface area contributed by atoms with E-state index < -0.39 is 27.2 Å². The standard InChI is InChI=1S/C12H26O6P2/c1-10(2)5-6-12(11(3)4)7-18-8-19(13,14)9-20(15,16)17/h5,11-12H,6-9H2,1-4H3,(H,13,14)(H2,15,16,17). The van der Waals surface area contributed by atoms with Crippen LogP contribution in [0.4, 0.5) is 0 Å². The first kappa shape index (κ1) is 20.0. The molecule has 0 spiro atoms. The van der Waals surface area contributed by atoms with Gasteiger partial charge in [0.25, 0.3) is 0 Å². The molecule has 0 aromatic rings. The Labute approximate surface area is 120 Å². The maximum absolute atomic E-state index is 11.6. The molecule has 0 heterocycles. The van der Waals surface area contributed by atoms with Gasteiger partial charge in [-0.1, -0.05) is 25.5 Å². The fourth-order valence-electron chi connectivity index (χ4n) is 1.60. The zero-order chi connectivity index (χ0) is 16.0. The Bertz CT molecular complexity index is 408. The van der Waals surface area contributed by atoms with Gasteiger partial charge in [-0.15, -0.1) is 0 Å². The lowest BCUT2D eigenvalue weighted by Gasteiger charge is -2.21. The zero-order valence-electron chi connectivity index (χ0n) is 12.5. The van der Waals surface area contributed by atoms with E-state index in [2.05, 4.69) is 6.08 Å². The van der Waals surface area contributed by atoms with Crippen LogP contribution in [0.2, 0.25) is 0 Å². The molecule has 0 aliphatic rings. The van der Waals surface area contributed by atoms with Crippen molar-refractivity contribution in [3.05, 3.63) is 11.6 Å². The molecule has 0 fully saturated rings. The van der Waals surface area contributed by atoms with Gasteiger partial charge in [0, 0.05) is 0 Å². The second-order valence-electron chi connectivity index (χ2n) is 5.67. The SMILES string of the molecule is CC(C)=CCC(COCP(=O)(O)CP(=O)(O)O)C(C)C. The minimum atomic E-state index is -4.50. The third-order valence-electron chi connectivity index (χ3n) is 2.80. The molecular formula is C12H26O6P2. The van der Waals surface area contributed by atoms with E-state index in [9.17, 15) is 14.0 Å². The van der Waals surface area contributed by atoms with E-state index in [0.717, 1.165) is 6.42 Å². The first-order valence-corrected chi connectivity index (χ1v) is 10.3.